The van der Waals surface area contributed by atoms with Gasteiger partial charge in [0.1, 0.15) is 17.4 Å². The summed E-state index contributed by atoms with van der Waals surface area (Å²) in [6, 6.07) is 14.2. The summed E-state index contributed by atoms with van der Waals surface area (Å²) in [5.74, 6) is 1.39. The lowest BCUT2D eigenvalue weighted by Crippen LogP contribution is -2.35. The first-order valence-corrected chi connectivity index (χ1v) is 11.2. The Labute approximate surface area is 193 Å². The number of nitrogens with zero attached hydrogens (tertiary/aromatic N) is 3. The lowest BCUT2D eigenvalue weighted by atomic mass is 9.96. The first-order valence-electron chi connectivity index (χ1n) is 11.2. The van der Waals surface area contributed by atoms with Crippen LogP contribution in [0.25, 0.3) is 0 Å². The molecule has 2 aromatic carbocycles. The van der Waals surface area contributed by atoms with Gasteiger partial charge in [-0.2, -0.15) is 0 Å². The van der Waals surface area contributed by atoms with Crippen LogP contribution in [0.5, 0.6) is 5.75 Å². The molecule has 0 bridgehead atoms. The van der Waals surface area contributed by atoms with Crippen LogP contribution in [0.1, 0.15) is 51.8 Å². The molecule has 1 atom stereocenters. The summed E-state index contributed by atoms with van der Waals surface area (Å²) in [6.45, 7) is 4.88. The number of likely N-dealkylation sites (tertiary alicyclic amines) is 1. The molecule has 1 aliphatic rings. The third kappa shape index (κ3) is 5.73. The Balaban J connectivity index is 1.39. The SMILES string of the molecule is COc1ccccc1CN1CCCC(c2ncc(C(=O)NCc3ccc(F)cc3)c(C)n2)C1. The number of nitrogens with one attached hydrogen (secondary N) is 1. The molecule has 1 unspecified atom stereocenters. The van der Waals surface area contributed by atoms with E-state index >= 15 is 0 Å². The Kier molecular flexibility index (Phi) is 7.29. The van der Waals surface area contributed by atoms with Crippen molar-refractivity contribution in [3.05, 3.63) is 88.8 Å². The number of para-hydroxylation sites is 1. The molecule has 172 valence electrons. The number of aryl methyl sites for hydroxylation is 1. The first kappa shape index (κ1) is 22.9. The smallest absolute Gasteiger partial charge is 0.254 e. The van der Waals surface area contributed by atoms with E-state index in [0.29, 0.717) is 17.8 Å². The molecular weight excluding hydrogens is 419 g/mol. The summed E-state index contributed by atoms with van der Waals surface area (Å²) in [7, 11) is 1.70. The number of hydrogen-bond donors (Lipinski definition) is 1. The third-order valence-electron chi connectivity index (χ3n) is 6.07. The van der Waals surface area contributed by atoms with E-state index in [4.69, 9.17) is 4.74 Å². The number of carbonyl (C=O) groups excluding carboxylic acids is 1. The average molecular weight is 449 g/mol. The minimum absolute atomic E-state index is 0.225. The Bertz CT molecular complexity index is 1100. The second-order valence-electron chi connectivity index (χ2n) is 8.42. The van der Waals surface area contributed by atoms with Crippen LogP contribution in [0.3, 0.4) is 0 Å². The van der Waals surface area contributed by atoms with Gasteiger partial charge in [-0.3, -0.25) is 9.69 Å². The van der Waals surface area contributed by atoms with Crippen molar-refractivity contribution < 1.29 is 13.9 Å². The summed E-state index contributed by atoms with van der Waals surface area (Å²) in [5, 5.41) is 2.86. The Morgan fingerprint density at radius 1 is 1.21 bits per heavy atom. The molecule has 1 aromatic heterocycles. The largest absolute Gasteiger partial charge is 0.496 e. The maximum absolute atomic E-state index is 13.0. The summed E-state index contributed by atoms with van der Waals surface area (Å²) in [5.41, 5.74) is 3.13. The van der Waals surface area contributed by atoms with E-state index in [-0.39, 0.29) is 17.6 Å². The van der Waals surface area contributed by atoms with E-state index in [0.717, 1.165) is 49.6 Å². The number of benzene rings is 2. The highest BCUT2D eigenvalue weighted by atomic mass is 19.1. The summed E-state index contributed by atoms with van der Waals surface area (Å²) in [6.07, 6.45) is 3.72. The molecule has 0 spiro atoms. The number of hydrogen-bond acceptors (Lipinski definition) is 5. The second-order valence-corrected chi connectivity index (χ2v) is 8.42. The highest BCUT2D eigenvalue weighted by Gasteiger charge is 2.25. The number of rotatable bonds is 7. The van der Waals surface area contributed by atoms with Crippen LogP contribution >= 0.6 is 0 Å². The molecule has 3 aromatic rings. The van der Waals surface area contributed by atoms with Crippen LogP contribution in [0.15, 0.2) is 54.7 Å². The van der Waals surface area contributed by atoms with Gasteiger partial charge in [-0.25, -0.2) is 14.4 Å². The van der Waals surface area contributed by atoms with Crippen molar-refractivity contribution in [1.29, 1.82) is 0 Å². The molecule has 1 fully saturated rings. The highest BCUT2D eigenvalue weighted by Crippen LogP contribution is 2.28. The maximum atomic E-state index is 13.0. The fraction of sp³-hybridized carbons (Fsp3) is 0.346. The van der Waals surface area contributed by atoms with Crippen molar-refractivity contribution in [3.8, 4) is 5.75 Å². The minimum Gasteiger partial charge on any atom is -0.496 e. The van der Waals surface area contributed by atoms with Crippen LogP contribution in [-0.2, 0) is 13.1 Å². The van der Waals surface area contributed by atoms with E-state index in [2.05, 4.69) is 26.3 Å². The fourth-order valence-corrected chi connectivity index (χ4v) is 4.27. The van der Waals surface area contributed by atoms with Crippen molar-refractivity contribution in [2.75, 3.05) is 20.2 Å². The highest BCUT2D eigenvalue weighted by molar-refractivity contribution is 5.94. The predicted octanol–water partition coefficient (Wildman–Crippen LogP) is 4.24. The summed E-state index contributed by atoms with van der Waals surface area (Å²) >= 11 is 0. The Morgan fingerprint density at radius 2 is 2.00 bits per heavy atom. The van der Waals surface area contributed by atoms with Crippen LogP contribution in [0.2, 0.25) is 0 Å². The van der Waals surface area contributed by atoms with Gasteiger partial charge in [-0.1, -0.05) is 30.3 Å². The van der Waals surface area contributed by atoms with Gasteiger partial charge in [-0.15, -0.1) is 0 Å². The van der Waals surface area contributed by atoms with Gasteiger partial charge in [0, 0.05) is 37.3 Å². The van der Waals surface area contributed by atoms with Crippen molar-refractivity contribution in [1.82, 2.24) is 20.2 Å². The van der Waals surface area contributed by atoms with Crippen LogP contribution in [0.4, 0.5) is 4.39 Å². The van der Waals surface area contributed by atoms with Crippen molar-refractivity contribution in [2.45, 2.75) is 38.8 Å². The van der Waals surface area contributed by atoms with Gasteiger partial charge in [0.05, 0.1) is 18.4 Å². The summed E-state index contributed by atoms with van der Waals surface area (Å²) in [4.78, 5) is 24.3. The van der Waals surface area contributed by atoms with Gasteiger partial charge >= 0.3 is 0 Å². The molecule has 6 nitrogen and oxygen atoms in total. The van der Waals surface area contributed by atoms with Crippen molar-refractivity contribution in [2.24, 2.45) is 0 Å². The number of ether oxygens (including phenoxy) is 1. The topological polar surface area (TPSA) is 67.3 Å². The van der Waals surface area contributed by atoms with Gasteiger partial charge in [0.15, 0.2) is 0 Å². The van der Waals surface area contributed by atoms with Crippen LogP contribution in [0, 0.1) is 12.7 Å². The molecule has 1 amide bonds. The molecule has 2 heterocycles. The van der Waals surface area contributed by atoms with E-state index in [1.165, 1.54) is 17.7 Å². The zero-order valence-corrected chi connectivity index (χ0v) is 19.1. The standard InChI is InChI=1S/C26H29FN4O2/c1-18-23(26(32)29-14-19-9-11-22(27)12-10-19)15-28-25(30-18)21-7-5-13-31(17-21)16-20-6-3-4-8-24(20)33-2/h3-4,6,8-12,15,21H,5,7,13-14,16-17H2,1-2H3,(H,29,32). The number of aromatic nitrogens is 2. The monoisotopic (exact) mass is 448 g/mol. The molecule has 0 saturated carbocycles. The number of methoxy groups -OCH3 is 1. The summed E-state index contributed by atoms with van der Waals surface area (Å²) < 4.78 is 18.5. The van der Waals surface area contributed by atoms with E-state index < -0.39 is 0 Å². The quantitative estimate of drug-likeness (QED) is 0.586. The van der Waals surface area contributed by atoms with Gasteiger partial charge < -0.3 is 10.1 Å². The van der Waals surface area contributed by atoms with Crippen LogP contribution in [-0.4, -0.2) is 41.0 Å². The lowest BCUT2D eigenvalue weighted by Gasteiger charge is -2.32. The number of carbonyl (C=O) groups is 1. The molecule has 33 heavy (non-hydrogen) atoms. The molecule has 0 aliphatic carbocycles. The Hall–Kier alpha value is -3.32. The first-order chi connectivity index (χ1) is 16.0. The zero-order chi connectivity index (χ0) is 23.2. The third-order valence-corrected chi connectivity index (χ3v) is 6.07. The molecule has 7 heteroatoms. The van der Waals surface area contributed by atoms with E-state index in [9.17, 15) is 9.18 Å². The van der Waals surface area contributed by atoms with Crippen LogP contribution < -0.4 is 10.1 Å². The lowest BCUT2D eigenvalue weighted by molar-refractivity contribution is 0.0949. The molecular formula is C26H29FN4O2. The number of amides is 1. The molecule has 1 aliphatic heterocycles. The number of piperidine rings is 1. The average Bonchev–Trinajstić information content (AvgIpc) is 2.84. The second kappa shape index (κ2) is 10.5. The molecule has 4 rings (SSSR count). The minimum atomic E-state index is -0.297. The Morgan fingerprint density at radius 3 is 2.76 bits per heavy atom. The van der Waals surface area contributed by atoms with E-state index in [1.54, 1.807) is 25.4 Å². The van der Waals surface area contributed by atoms with Gasteiger partial charge in [0.2, 0.25) is 0 Å². The van der Waals surface area contributed by atoms with Crippen molar-refractivity contribution in [3.63, 3.8) is 0 Å². The predicted molar refractivity (Wildman–Crippen MR) is 125 cm³/mol. The van der Waals surface area contributed by atoms with Gasteiger partial charge in [-0.05, 0) is 50.1 Å². The molecule has 1 saturated heterocycles. The van der Waals surface area contributed by atoms with Crippen molar-refractivity contribution >= 4 is 5.91 Å². The molecule has 1 N–H and O–H groups in total. The fourth-order valence-electron chi connectivity index (χ4n) is 4.27. The normalized spacial score (nSPS) is 16.4. The number of halogens is 1. The van der Waals surface area contributed by atoms with E-state index in [1.807, 2.05) is 25.1 Å². The zero-order valence-electron chi connectivity index (χ0n) is 19.1. The molecule has 0 radical (unpaired) electrons. The maximum Gasteiger partial charge on any atom is 0.254 e. The van der Waals surface area contributed by atoms with Gasteiger partial charge in [0.25, 0.3) is 5.91 Å².